The summed E-state index contributed by atoms with van der Waals surface area (Å²) in [4.78, 5) is 18.4. The van der Waals surface area contributed by atoms with Crippen LogP contribution in [0.15, 0.2) is 24.3 Å². The molecule has 24 heavy (non-hydrogen) atoms. The minimum absolute atomic E-state index is 0.0861. The Balaban J connectivity index is 1.71. The summed E-state index contributed by atoms with van der Waals surface area (Å²) in [5, 5.41) is 9.59. The van der Waals surface area contributed by atoms with Gasteiger partial charge in [0.25, 0.3) is 0 Å². The van der Waals surface area contributed by atoms with E-state index in [1.807, 2.05) is 45.0 Å². The second-order valence-corrected chi connectivity index (χ2v) is 7.37. The van der Waals surface area contributed by atoms with Crippen LogP contribution < -0.4 is 0 Å². The Bertz CT molecular complexity index is 733. The number of carbonyl (C=O) groups is 1. The number of imidazole rings is 1. The molecule has 1 N–H and O–H groups in total. The van der Waals surface area contributed by atoms with Crippen molar-refractivity contribution in [3.05, 3.63) is 30.1 Å². The highest BCUT2D eigenvalue weighted by molar-refractivity contribution is 5.75. The third kappa shape index (κ3) is 3.53. The van der Waals surface area contributed by atoms with Gasteiger partial charge in [-0.2, -0.15) is 0 Å². The van der Waals surface area contributed by atoms with Crippen LogP contribution in [0.1, 0.15) is 33.0 Å². The maximum absolute atomic E-state index is 12.2. The van der Waals surface area contributed by atoms with Crippen molar-refractivity contribution >= 4 is 17.1 Å². The highest BCUT2D eigenvalue weighted by atomic mass is 16.6. The fraction of sp³-hybridized carbons (Fsp3) is 0.556. The normalized spacial score (nSPS) is 18.3. The van der Waals surface area contributed by atoms with Gasteiger partial charge < -0.3 is 19.3 Å². The number of amides is 1. The van der Waals surface area contributed by atoms with Crippen molar-refractivity contribution in [2.45, 2.75) is 45.9 Å². The molecule has 1 amide bonds. The molecule has 1 aliphatic rings. The first-order chi connectivity index (χ1) is 11.4. The number of aromatic nitrogens is 2. The Kier molecular flexibility index (Phi) is 4.49. The average Bonchev–Trinajstić information content (AvgIpc) is 3.11. The zero-order chi connectivity index (χ0) is 17.3. The molecule has 0 radical (unpaired) electrons. The molecule has 0 saturated carbocycles. The SMILES string of the molecule is CC(C)(C)OC(=O)N1CCC(Cn2c(CO)nc3ccccc32)C1. The van der Waals surface area contributed by atoms with E-state index in [0.29, 0.717) is 24.8 Å². The van der Waals surface area contributed by atoms with Crippen LogP contribution in [0.4, 0.5) is 4.79 Å². The molecule has 0 aliphatic carbocycles. The molecular weight excluding hydrogens is 306 g/mol. The van der Waals surface area contributed by atoms with E-state index in [0.717, 1.165) is 24.0 Å². The molecule has 0 bridgehead atoms. The number of para-hydroxylation sites is 2. The molecule has 130 valence electrons. The van der Waals surface area contributed by atoms with E-state index in [9.17, 15) is 9.90 Å². The topological polar surface area (TPSA) is 67.6 Å². The number of fused-ring (bicyclic) bond motifs is 1. The Hall–Kier alpha value is -2.08. The van der Waals surface area contributed by atoms with E-state index in [4.69, 9.17) is 4.74 Å². The summed E-state index contributed by atoms with van der Waals surface area (Å²) in [6.07, 6.45) is 0.680. The number of aliphatic hydroxyl groups excluding tert-OH is 1. The lowest BCUT2D eigenvalue weighted by atomic mass is 10.1. The van der Waals surface area contributed by atoms with Crippen LogP contribution in [-0.4, -0.2) is 44.3 Å². The number of carbonyl (C=O) groups excluding carboxylic acids is 1. The van der Waals surface area contributed by atoms with Crippen molar-refractivity contribution in [3.8, 4) is 0 Å². The van der Waals surface area contributed by atoms with Gasteiger partial charge in [0.1, 0.15) is 18.0 Å². The number of aliphatic hydroxyl groups is 1. The van der Waals surface area contributed by atoms with Crippen molar-refractivity contribution in [1.82, 2.24) is 14.5 Å². The molecule has 0 spiro atoms. The number of rotatable bonds is 3. The predicted molar refractivity (Wildman–Crippen MR) is 91.6 cm³/mol. The lowest BCUT2D eigenvalue weighted by molar-refractivity contribution is 0.0287. The van der Waals surface area contributed by atoms with Crippen molar-refractivity contribution in [1.29, 1.82) is 0 Å². The van der Waals surface area contributed by atoms with Crippen LogP contribution in [-0.2, 0) is 17.9 Å². The first-order valence-electron chi connectivity index (χ1n) is 8.40. The van der Waals surface area contributed by atoms with E-state index >= 15 is 0 Å². The van der Waals surface area contributed by atoms with Crippen LogP contribution in [0.5, 0.6) is 0 Å². The lowest BCUT2D eigenvalue weighted by Crippen LogP contribution is -2.35. The van der Waals surface area contributed by atoms with Crippen LogP contribution in [0.25, 0.3) is 11.0 Å². The summed E-state index contributed by atoms with van der Waals surface area (Å²) in [6.45, 7) is 7.68. The summed E-state index contributed by atoms with van der Waals surface area (Å²) in [7, 11) is 0. The Morgan fingerprint density at radius 2 is 2.12 bits per heavy atom. The quantitative estimate of drug-likeness (QED) is 0.939. The van der Waals surface area contributed by atoms with Gasteiger partial charge in [-0.25, -0.2) is 9.78 Å². The molecular formula is C18H25N3O3. The summed E-state index contributed by atoms with van der Waals surface area (Å²) in [6, 6.07) is 7.89. The van der Waals surface area contributed by atoms with E-state index in [2.05, 4.69) is 9.55 Å². The number of benzene rings is 1. The van der Waals surface area contributed by atoms with E-state index in [1.54, 1.807) is 4.90 Å². The van der Waals surface area contributed by atoms with Gasteiger partial charge >= 0.3 is 6.09 Å². The van der Waals surface area contributed by atoms with Crippen LogP contribution in [0.2, 0.25) is 0 Å². The molecule has 2 heterocycles. The van der Waals surface area contributed by atoms with E-state index in [1.165, 1.54) is 0 Å². The maximum atomic E-state index is 12.2. The summed E-state index contributed by atoms with van der Waals surface area (Å²) < 4.78 is 7.52. The monoisotopic (exact) mass is 331 g/mol. The molecule has 1 aliphatic heterocycles. The molecule has 1 atom stereocenters. The average molecular weight is 331 g/mol. The second kappa shape index (κ2) is 6.43. The minimum atomic E-state index is -0.472. The van der Waals surface area contributed by atoms with Crippen LogP contribution in [0, 0.1) is 5.92 Å². The highest BCUT2D eigenvalue weighted by Crippen LogP contribution is 2.24. The number of hydrogen-bond donors (Lipinski definition) is 1. The first-order valence-corrected chi connectivity index (χ1v) is 8.40. The number of hydrogen-bond acceptors (Lipinski definition) is 4. The van der Waals surface area contributed by atoms with Gasteiger partial charge in [-0.3, -0.25) is 0 Å². The van der Waals surface area contributed by atoms with Gasteiger partial charge in [-0.05, 0) is 45.2 Å². The summed E-state index contributed by atoms with van der Waals surface area (Å²) >= 11 is 0. The Morgan fingerprint density at radius 3 is 2.83 bits per heavy atom. The molecule has 6 nitrogen and oxygen atoms in total. The number of ether oxygens (including phenoxy) is 1. The van der Waals surface area contributed by atoms with Gasteiger partial charge in [0.15, 0.2) is 0 Å². The van der Waals surface area contributed by atoms with Crippen molar-refractivity contribution in [3.63, 3.8) is 0 Å². The van der Waals surface area contributed by atoms with Gasteiger partial charge in [-0.1, -0.05) is 12.1 Å². The summed E-state index contributed by atoms with van der Waals surface area (Å²) in [5.41, 5.74) is 1.44. The molecule has 1 aromatic heterocycles. The zero-order valence-corrected chi connectivity index (χ0v) is 14.5. The van der Waals surface area contributed by atoms with Crippen molar-refractivity contribution in [2.24, 2.45) is 5.92 Å². The van der Waals surface area contributed by atoms with E-state index in [-0.39, 0.29) is 12.7 Å². The van der Waals surface area contributed by atoms with Gasteiger partial charge in [0.2, 0.25) is 0 Å². The molecule has 3 rings (SSSR count). The van der Waals surface area contributed by atoms with E-state index < -0.39 is 5.60 Å². The number of nitrogens with zero attached hydrogens (tertiary/aromatic N) is 3. The molecule has 2 aromatic rings. The largest absolute Gasteiger partial charge is 0.444 e. The standard InChI is InChI=1S/C18H25N3O3/c1-18(2,3)24-17(23)20-9-8-13(10-20)11-21-15-7-5-4-6-14(15)19-16(21)12-22/h4-7,13,22H,8-12H2,1-3H3. The third-order valence-corrected chi connectivity index (χ3v) is 4.25. The molecule has 1 unspecified atom stereocenters. The summed E-state index contributed by atoms with van der Waals surface area (Å²) in [5.74, 6) is 1.01. The smallest absolute Gasteiger partial charge is 0.410 e. The molecule has 6 heteroatoms. The van der Waals surface area contributed by atoms with Gasteiger partial charge in [0, 0.05) is 19.6 Å². The molecule has 1 saturated heterocycles. The van der Waals surface area contributed by atoms with Crippen LogP contribution >= 0.6 is 0 Å². The van der Waals surface area contributed by atoms with Crippen molar-refractivity contribution in [2.75, 3.05) is 13.1 Å². The molecule has 1 aromatic carbocycles. The van der Waals surface area contributed by atoms with Gasteiger partial charge in [0.05, 0.1) is 11.0 Å². The zero-order valence-electron chi connectivity index (χ0n) is 14.5. The lowest BCUT2D eigenvalue weighted by Gasteiger charge is -2.24. The van der Waals surface area contributed by atoms with Crippen molar-refractivity contribution < 1.29 is 14.6 Å². The van der Waals surface area contributed by atoms with Gasteiger partial charge in [-0.15, -0.1) is 0 Å². The first kappa shape index (κ1) is 16.8. The minimum Gasteiger partial charge on any atom is -0.444 e. The fourth-order valence-electron chi connectivity index (χ4n) is 3.18. The molecule has 1 fully saturated rings. The third-order valence-electron chi connectivity index (χ3n) is 4.25. The second-order valence-electron chi connectivity index (χ2n) is 7.37. The number of likely N-dealkylation sites (tertiary alicyclic amines) is 1. The Morgan fingerprint density at radius 1 is 1.38 bits per heavy atom. The predicted octanol–water partition coefficient (Wildman–Crippen LogP) is 2.79. The Labute approximate surface area is 142 Å². The maximum Gasteiger partial charge on any atom is 0.410 e. The fourth-order valence-corrected chi connectivity index (χ4v) is 3.18. The highest BCUT2D eigenvalue weighted by Gasteiger charge is 2.30. The van der Waals surface area contributed by atoms with Crippen LogP contribution in [0.3, 0.4) is 0 Å².